The van der Waals surface area contributed by atoms with Gasteiger partial charge in [0.2, 0.25) is 5.91 Å². The Hall–Kier alpha value is -1.95. The molecule has 1 N–H and O–H groups in total. The minimum atomic E-state index is -0.000988. The van der Waals surface area contributed by atoms with Crippen molar-refractivity contribution in [1.82, 2.24) is 20.3 Å². The van der Waals surface area contributed by atoms with Crippen LogP contribution in [0, 0.1) is 5.92 Å². The van der Waals surface area contributed by atoms with Crippen LogP contribution in [0.1, 0.15) is 63.5 Å². The Morgan fingerprint density at radius 1 is 1.23 bits per heavy atom. The lowest BCUT2D eigenvalue weighted by atomic mass is 9.80. The third-order valence-electron chi connectivity index (χ3n) is 5.94. The highest BCUT2D eigenvalue weighted by molar-refractivity contribution is 5.75. The van der Waals surface area contributed by atoms with Gasteiger partial charge in [-0.1, -0.05) is 30.5 Å². The lowest BCUT2D eigenvalue weighted by Gasteiger charge is -2.40. The number of carbonyl (C=O) groups excluding carboxylic acids is 1. The predicted octanol–water partition coefficient (Wildman–Crippen LogP) is 3.27. The van der Waals surface area contributed by atoms with Gasteiger partial charge in [-0.05, 0) is 49.3 Å². The number of aryl methyl sites for hydroxylation is 1. The Labute approximate surface area is 154 Å². The van der Waals surface area contributed by atoms with Crippen molar-refractivity contribution in [3.05, 3.63) is 23.8 Å². The van der Waals surface area contributed by atoms with Crippen molar-refractivity contribution in [2.45, 2.75) is 70.1 Å². The van der Waals surface area contributed by atoms with Crippen LogP contribution in [-0.2, 0) is 16.6 Å². The van der Waals surface area contributed by atoms with Gasteiger partial charge in [-0.25, -0.2) is 4.68 Å². The molecule has 0 unspecified atom stereocenters. The van der Waals surface area contributed by atoms with Crippen LogP contribution in [0.3, 0.4) is 0 Å². The normalized spacial score (nSPS) is 27.5. The zero-order valence-electron chi connectivity index (χ0n) is 15.6. The van der Waals surface area contributed by atoms with E-state index in [2.05, 4.69) is 33.8 Å². The van der Waals surface area contributed by atoms with Gasteiger partial charge in [0, 0.05) is 20.0 Å². The molecule has 1 aromatic heterocycles. The number of nitrogens with one attached hydrogen (secondary N) is 1. The summed E-state index contributed by atoms with van der Waals surface area (Å²) in [6, 6.07) is 6.44. The van der Waals surface area contributed by atoms with E-state index in [0.717, 1.165) is 29.4 Å². The number of nitrogens with zero attached hydrogens (tertiary/aromatic N) is 3. The SMILES string of the molecule is CC(=O)N[C@H]1C[C@@H](c2ccc3c(c2)nnn3C)O[C@@H](C2CCCCC2)C1. The fourth-order valence-electron chi connectivity index (χ4n) is 4.64. The molecule has 0 spiro atoms. The molecule has 1 aliphatic heterocycles. The molecule has 2 fully saturated rings. The fourth-order valence-corrected chi connectivity index (χ4v) is 4.64. The second-order valence-electron chi connectivity index (χ2n) is 7.89. The average molecular weight is 356 g/mol. The summed E-state index contributed by atoms with van der Waals surface area (Å²) in [5.74, 6) is 0.658. The Bertz CT molecular complexity index is 781. The molecule has 26 heavy (non-hydrogen) atoms. The smallest absolute Gasteiger partial charge is 0.217 e. The van der Waals surface area contributed by atoms with Gasteiger partial charge in [-0.3, -0.25) is 4.79 Å². The molecule has 1 saturated carbocycles. The highest BCUT2D eigenvalue weighted by Gasteiger charge is 2.35. The van der Waals surface area contributed by atoms with Crippen molar-refractivity contribution in [1.29, 1.82) is 0 Å². The first-order chi connectivity index (χ1) is 12.6. The van der Waals surface area contributed by atoms with E-state index in [1.165, 1.54) is 32.1 Å². The Kier molecular flexibility index (Phi) is 4.94. The van der Waals surface area contributed by atoms with E-state index in [1.807, 2.05) is 7.05 Å². The van der Waals surface area contributed by atoms with E-state index >= 15 is 0 Å². The van der Waals surface area contributed by atoms with E-state index in [-0.39, 0.29) is 24.2 Å². The molecule has 6 heteroatoms. The zero-order chi connectivity index (χ0) is 18.1. The van der Waals surface area contributed by atoms with Gasteiger partial charge in [0.1, 0.15) is 5.52 Å². The molecule has 140 valence electrons. The Balaban J connectivity index is 1.58. The maximum absolute atomic E-state index is 11.6. The number of hydrogen-bond acceptors (Lipinski definition) is 4. The van der Waals surface area contributed by atoms with Gasteiger partial charge in [0.25, 0.3) is 0 Å². The van der Waals surface area contributed by atoms with Crippen LogP contribution in [0.2, 0.25) is 0 Å². The van der Waals surface area contributed by atoms with E-state index in [4.69, 9.17) is 4.74 Å². The summed E-state index contributed by atoms with van der Waals surface area (Å²) in [7, 11) is 1.90. The first-order valence-electron chi connectivity index (χ1n) is 9.82. The largest absolute Gasteiger partial charge is 0.370 e. The average Bonchev–Trinajstić information content (AvgIpc) is 3.02. The van der Waals surface area contributed by atoms with Crippen molar-refractivity contribution in [3.63, 3.8) is 0 Å². The van der Waals surface area contributed by atoms with Gasteiger partial charge in [-0.2, -0.15) is 0 Å². The number of aromatic nitrogens is 3. The molecule has 0 bridgehead atoms. The molecule has 6 nitrogen and oxygen atoms in total. The number of benzene rings is 1. The van der Waals surface area contributed by atoms with Crippen LogP contribution < -0.4 is 5.32 Å². The second-order valence-corrected chi connectivity index (χ2v) is 7.89. The lowest BCUT2D eigenvalue weighted by Crippen LogP contribution is -2.44. The fraction of sp³-hybridized carbons (Fsp3) is 0.650. The summed E-state index contributed by atoms with van der Waals surface area (Å²) in [5.41, 5.74) is 3.05. The maximum Gasteiger partial charge on any atom is 0.217 e. The van der Waals surface area contributed by atoms with E-state index in [1.54, 1.807) is 11.6 Å². The van der Waals surface area contributed by atoms with Crippen molar-refractivity contribution >= 4 is 16.9 Å². The summed E-state index contributed by atoms with van der Waals surface area (Å²) in [5, 5.41) is 11.5. The number of rotatable bonds is 3. The van der Waals surface area contributed by atoms with Crippen molar-refractivity contribution in [2.75, 3.05) is 0 Å². The van der Waals surface area contributed by atoms with Crippen molar-refractivity contribution < 1.29 is 9.53 Å². The third-order valence-corrected chi connectivity index (χ3v) is 5.94. The first kappa shape index (κ1) is 17.5. The topological polar surface area (TPSA) is 69.0 Å². The van der Waals surface area contributed by atoms with Crippen LogP contribution in [0.5, 0.6) is 0 Å². The Morgan fingerprint density at radius 2 is 2.04 bits per heavy atom. The molecule has 2 heterocycles. The van der Waals surface area contributed by atoms with Crippen molar-refractivity contribution in [3.8, 4) is 0 Å². The number of ether oxygens (including phenoxy) is 1. The highest BCUT2D eigenvalue weighted by atomic mass is 16.5. The highest BCUT2D eigenvalue weighted by Crippen LogP contribution is 2.39. The number of hydrogen-bond donors (Lipinski definition) is 1. The van der Waals surface area contributed by atoms with Crippen LogP contribution in [0.25, 0.3) is 11.0 Å². The molecule has 4 rings (SSSR count). The van der Waals surface area contributed by atoms with Crippen LogP contribution in [-0.4, -0.2) is 33.0 Å². The van der Waals surface area contributed by atoms with Gasteiger partial charge in [-0.15, -0.1) is 5.10 Å². The number of amides is 1. The molecule has 1 amide bonds. The van der Waals surface area contributed by atoms with Gasteiger partial charge in [0.15, 0.2) is 0 Å². The minimum Gasteiger partial charge on any atom is -0.370 e. The standard InChI is InChI=1S/C20H28N4O2/c1-13(25)21-16-11-19(14-6-4-3-5-7-14)26-20(12-16)15-8-9-18-17(10-15)22-23-24(18)2/h8-10,14,16,19-20H,3-7,11-12H2,1-2H3,(H,21,25)/t16-,19-,20+/m1/s1. The molecule has 2 aliphatic rings. The maximum atomic E-state index is 11.6. The first-order valence-corrected chi connectivity index (χ1v) is 9.82. The summed E-state index contributed by atoms with van der Waals surface area (Å²) in [6.45, 7) is 1.60. The van der Waals surface area contributed by atoms with E-state index in [9.17, 15) is 4.79 Å². The molecule has 2 aromatic rings. The van der Waals surface area contributed by atoms with Crippen LogP contribution in [0.4, 0.5) is 0 Å². The van der Waals surface area contributed by atoms with Crippen molar-refractivity contribution in [2.24, 2.45) is 13.0 Å². The van der Waals surface area contributed by atoms with Gasteiger partial charge >= 0.3 is 0 Å². The zero-order valence-corrected chi connectivity index (χ0v) is 15.6. The number of carbonyl (C=O) groups is 1. The molecular formula is C20H28N4O2. The van der Waals surface area contributed by atoms with E-state index in [0.29, 0.717) is 5.92 Å². The van der Waals surface area contributed by atoms with Crippen LogP contribution >= 0.6 is 0 Å². The minimum absolute atomic E-state index is 0.000988. The summed E-state index contributed by atoms with van der Waals surface area (Å²) in [4.78, 5) is 11.6. The third kappa shape index (κ3) is 3.61. The molecular weight excluding hydrogens is 328 g/mol. The van der Waals surface area contributed by atoms with Gasteiger partial charge < -0.3 is 10.1 Å². The molecule has 3 atom stereocenters. The molecule has 0 radical (unpaired) electrons. The van der Waals surface area contributed by atoms with E-state index < -0.39 is 0 Å². The monoisotopic (exact) mass is 356 g/mol. The summed E-state index contributed by atoms with van der Waals surface area (Å²) < 4.78 is 8.36. The predicted molar refractivity (Wildman–Crippen MR) is 99.5 cm³/mol. The molecule has 1 aliphatic carbocycles. The molecule has 1 saturated heterocycles. The number of fused-ring (bicyclic) bond motifs is 1. The quantitative estimate of drug-likeness (QED) is 0.916. The summed E-state index contributed by atoms with van der Waals surface area (Å²) >= 11 is 0. The van der Waals surface area contributed by atoms with Gasteiger partial charge in [0.05, 0.1) is 17.7 Å². The van der Waals surface area contributed by atoms with Crippen LogP contribution in [0.15, 0.2) is 18.2 Å². The molecule has 1 aromatic carbocycles. The lowest BCUT2D eigenvalue weighted by molar-refractivity contribution is -0.124. The Morgan fingerprint density at radius 3 is 2.81 bits per heavy atom. The summed E-state index contributed by atoms with van der Waals surface area (Å²) in [6.07, 6.45) is 8.38. The second kappa shape index (κ2) is 7.35.